The zero-order chi connectivity index (χ0) is 49.8. The predicted octanol–water partition coefficient (Wildman–Crippen LogP) is 8.73. The molecule has 0 aromatic carbocycles. The van der Waals surface area contributed by atoms with Gasteiger partial charge in [0.1, 0.15) is 22.2 Å². The van der Waals surface area contributed by atoms with E-state index in [2.05, 4.69) is 45.7 Å². The van der Waals surface area contributed by atoms with Gasteiger partial charge < -0.3 is 31.9 Å². The summed E-state index contributed by atoms with van der Waals surface area (Å²) >= 11 is 11.4. The van der Waals surface area contributed by atoms with Gasteiger partial charge in [-0.15, -0.1) is 23.2 Å². The highest BCUT2D eigenvalue weighted by Gasteiger charge is 2.40. The van der Waals surface area contributed by atoms with Crippen LogP contribution >= 0.6 is 23.2 Å². The summed E-state index contributed by atoms with van der Waals surface area (Å²) in [6.45, 7) is 25.0. The first-order chi connectivity index (χ1) is 28.3. The third kappa shape index (κ3) is 59.9. The lowest BCUT2D eigenvalue weighted by Crippen LogP contribution is -2.39. The number of hydrogen-bond acceptors (Lipinski definition) is 7. The van der Waals surface area contributed by atoms with Crippen molar-refractivity contribution >= 4 is 70.3 Å². The van der Waals surface area contributed by atoms with Crippen molar-refractivity contribution in [2.45, 2.75) is 225 Å². The second-order valence-electron chi connectivity index (χ2n) is 17.6. The first-order valence-electron chi connectivity index (χ1n) is 22.1. The fraction of sp³-hybridized carbons (Fsp3) is 0.977. The summed E-state index contributed by atoms with van der Waals surface area (Å²) in [7, 11) is 32.0. The Labute approximate surface area is 403 Å². The van der Waals surface area contributed by atoms with Crippen LogP contribution in [0.1, 0.15) is 123 Å². The third-order valence-electron chi connectivity index (χ3n) is 9.29. The average molecular weight is 934 g/mol. The van der Waals surface area contributed by atoms with E-state index in [1.165, 1.54) is 32.7 Å². The Bertz CT molecular complexity index is 987. The van der Waals surface area contributed by atoms with Gasteiger partial charge in [0.05, 0.1) is 53.6 Å². The van der Waals surface area contributed by atoms with Gasteiger partial charge in [-0.25, -0.2) is 22.0 Å². The second kappa shape index (κ2) is 42.0. The van der Waals surface area contributed by atoms with Crippen molar-refractivity contribution in [3.63, 3.8) is 0 Å². The zero-order valence-corrected chi connectivity index (χ0v) is 42.4. The summed E-state index contributed by atoms with van der Waals surface area (Å²) in [5.41, 5.74) is -2.23. The van der Waals surface area contributed by atoms with Crippen LogP contribution in [0.4, 0.5) is 22.0 Å². The monoisotopic (exact) mass is 934 g/mol. The number of nitriles is 1. The standard InChI is InChI=1S/C9H18BN.C8H14BFN2.C7H15BFN.C6H12BCl2N.C6H12BF2N.C6H13BFN.CH4/c1-3-9(4-5-9)7-11-8(2)6-10;1-3-8(10,5-11)6-12-7(2)4-9;1-6(4-8)10-5-7(2,3)9;2*1-5(3-7)10-4-6(2,8)9;1-5(8)4-9-6(2)3-7;/h8,11H,3-7H2,1-2H3;7,12H,3-4,6H2,1-2H3;6,10H,4-5H2,1-3H3;2*5,10H,3-4H2,1-2H3;5-6,9H,3-4H2,1-2H3;1H4. The molecule has 0 amide bonds. The topological polar surface area (TPSA) is 96.0 Å². The minimum atomic E-state index is -2.64. The van der Waals surface area contributed by atoms with Crippen LogP contribution in [0.5, 0.6) is 0 Å². The van der Waals surface area contributed by atoms with Crippen LogP contribution in [-0.4, -0.2) is 150 Å². The van der Waals surface area contributed by atoms with Gasteiger partial charge in [-0.3, -0.25) is 0 Å². The molecule has 0 spiro atoms. The van der Waals surface area contributed by atoms with Crippen LogP contribution < -0.4 is 31.9 Å². The van der Waals surface area contributed by atoms with E-state index >= 15 is 0 Å². The predicted molar refractivity (Wildman–Crippen MR) is 273 cm³/mol. The molecule has 1 aliphatic carbocycles. The maximum Gasteiger partial charge on any atom is 0.257 e. The number of nitrogens with one attached hydrogen (secondary N) is 6. The van der Waals surface area contributed by atoms with E-state index in [9.17, 15) is 22.0 Å². The van der Waals surface area contributed by atoms with Gasteiger partial charge in [-0.2, -0.15) is 5.26 Å². The lowest BCUT2D eigenvalue weighted by atomic mass is 9.97. The maximum absolute atomic E-state index is 13.3. The van der Waals surface area contributed by atoms with Gasteiger partial charge in [0.2, 0.25) is 5.67 Å². The quantitative estimate of drug-likeness (QED) is 0.0294. The largest absolute Gasteiger partial charge is 0.314 e. The fourth-order valence-corrected chi connectivity index (χ4v) is 3.94. The number of hydrogen-bond donors (Lipinski definition) is 6. The number of rotatable bonds is 26. The Morgan fingerprint density at radius 1 is 0.587 bits per heavy atom. The highest BCUT2D eigenvalue weighted by atomic mass is 35.5. The molecule has 12 radical (unpaired) electrons. The van der Waals surface area contributed by atoms with Crippen molar-refractivity contribution < 1.29 is 22.0 Å². The normalized spacial score (nSPS) is 17.1. The van der Waals surface area contributed by atoms with E-state index in [4.69, 9.17) is 75.5 Å². The minimum absolute atomic E-state index is 0. The molecule has 1 saturated carbocycles. The van der Waals surface area contributed by atoms with Gasteiger partial charge in [-0.05, 0) is 95.0 Å². The highest BCUT2D eigenvalue weighted by molar-refractivity contribution is 6.48. The minimum Gasteiger partial charge on any atom is -0.314 e. The van der Waals surface area contributed by atoms with Crippen LogP contribution in [0.2, 0.25) is 37.9 Å². The van der Waals surface area contributed by atoms with E-state index in [0.29, 0.717) is 62.7 Å². The van der Waals surface area contributed by atoms with Crippen molar-refractivity contribution in [3.05, 3.63) is 0 Å². The summed E-state index contributed by atoms with van der Waals surface area (Å²) < 4.78 is 61.7. The first kappa shape index (κ1) is 74.4. The average Bonchev–Trinajstić information content (AvgIpc) is 4.01. The number of halogens is 7. The second-order valence-corrected chi connectivity index (χ2v) is 19.4. The first-order valence-corrected chi connectivity index (χ1v) is 22.9. The van der Waals surface area contributed by atoms with E-state index in [-0.39, 0.29) is 57.1 Å². The molecule has 1 fully saturated rings. The molecule has 63 heavy (non-hydrogen) atoms. The molecule has 0 saturated heterocycles. The molecule has 6 N–H and O–H groups in total. The SMILES string of the molecule is C.[B]CC(C)NCC(C)(C)F.[B]CC(C)NCC(C)(Cl)Cl.[B]CC(C)NCC(C)(F)F.[B]CC(C)NCC(C)F.[B]CC(C)NCC(F)(C#N)CC.[B]CC(C)NCC1(CC)CC1. The smallest absolute Gasteiger partial charge is 0.257 e. The van der Waals surface area contributed by atoms with Crippen LogP contribution in [-0.2, 0) is 0 Å². The molecule has 1 rings (SSSR count). The Kier molecular flexibility index (Phi) is 49.6. The van der Waals surface area contributed by atoms with Gasteiger partial charge in [0, 0.05) is 39.6 Å². The molecule has 8 atom stereocenters. The van der Waals surface area contributed by atoms with E-state index in [1.807, 2.05) is 27.7 Å². The van der Waals surface area contributed by atoms with Crippen LogP contribution in [0.25, 0.3) is 0 Å². The van der Waals surface area contributed by atoms with Crippen LogP contribution in [0.15, 0.2) is 0 Å². The number of alkyl halides is 7. The van der Waals surface area contributed by atoms with E-state index < -0.39 is 27.8 Å². The maximum atomic E-state index is 13.3. The summed E-state index contributed by atoms with van der Waals surface area (Å²) in [5, 5.41) is 26.4. The lowest BCUT2D eigenvalue weighted by molar-refractivity contribution is 0.0209. The Balaban J connectivity index is -0.000000155. The molecule has 0 aliphatic heterocycles. The molecule has 7 nitrogen and oxygen atoms in total. The lowest BCUT2D eigenvalue weighted by Gasteiger charge is -2.19. The van der Waals surface area contributed by atoms with Crippen molar-refractivity contribution in [2.75, 3.05) is 39.3 Å². The Hall–Kier alpha value is -0.130. The highest BCUT2D eigenvalue weighted by Crippen LogP contribution is 2.47. The molecule has 362 valence electrons. The Morgan fingerprint density at radius 2 is 0.921 bits per heavy atom. The third-order valence-corrected chi connectivity index (χ3v) is 9.55. The van der Waals surface area contributed by atoms with E-state index in [0.717, 1.165) is 13.2 Å². The van der Waals surface area contributed by atoms with Gasteiger partial charge in [0.25, 0.3) is 5.92 Å². The fourth-order valence-electron chi connectivity index (χ4n) is 3.79. The Morgan fingerprint density at radius 3 is 1.19 bits per heavy atom. The van der Waals surface area contributed by atoms with Crippen LogP contribution in [0.3, 0.4) is 0 Å². The molecule has 20 heteroatoms. The molecule has 1 aliphatic rings. The molecule has 0 aromatic rings. The molecular formula is C43H88B6Cl2F5N7. The summed E-state index contributed by atoms with van der Waals surface area (Å²) in [5.74, 6) is -2.64. The van der Waals surface area contributed by atoms with Gasteiger partial charge in [-0.1, -0.05) is 101 Å². The summed E-state index contributed by atoms with van der Waals surface area (Å²) in [6.07, 6.45) is 6.86. The van der Waals surface area contributed by atoms with Gasteiger partial charge in [0.15, 0.2) is 0 Å². The molecule has 0 heterocycles. The van der Waals surface area contributed by atoms with Crippen LogP contribution in [0, 0.1) is 16.7 Å². The van der Waals surface area contributed by atoms with E-state index in [1.54, 1.807) is 40.7 Å². The summed E-state index contributed by atoms with van der Waals surface area (Å²) in [4.78, 5) is 0. The van der Waals surface area contributed by atoms with Gasteiger partial charge >= 0.3 is 0 Å². The molecule has 0 bridgehead atoms. The van der Waals surface area contributed by atoms with Crippen molar-refractivity contribution in [2.24, 2.45) is 5.41 Å². The molecule has 0 aromatic heterocycles. The van der Waals surface area contributed by atoms with Crippen molar-refractivity contribution in [3.8, 4) is 6.07 Å². The van der Waals surface area contributed by atoms with Crippen molar-refractivity contribution in [1.82, 2.24) is 31.9 Å². The number of nitrogens with zero attached hydrogens (tertiary/aromatic N) is 1. The zero-order valence-electron chi connectivity index (χ0n) is 40.9. The molecule has 8 unspecified atom stereocenters. The summed E-state index contributed by atoms with van der Waals surface area (Å²) in [6, 6.07) is 2.85. The molecular weight excluding hydrogens is 845 g/mol. The van der Waals surface area contributed by atoms with Crippen molar-refractivity contribution in [1.29, 1.82) is 5.26 Å².